The van der Waals surface area contributed by atoms with E-state index in [0.29, 0.717) is 19.6 Å². The summed E-state index contributed by atoms with van der Waals surface area (Å²) in [6, 6.07) is 0. The van der Waals surface area contributed by atoms with Crippen LogP contribution in [0.1, 0.15) is 27.2 Å². The van der Waals surface area contributed by atoms with Gasteiger partial charge in [0.2, 0.25) is 0 Å². The summed E-state index contributed by atoms with van der Waals surface area (Å²) in [5.41, 5.74) is -0.376. The van der Waals surface area contributed by atoms with Gasteiger partial charge in [0.15, 0.2) is 0 Å². The number of aliphatic hydroxyl groups excluding tert-OH is 1. The summed E-state index contributed by atoms with van der Waals surface area (Å²) < 4.78 is 5.51. The minimum Gasteiger partial charge on any atom is -0.480 e. The number of aliphatic hydroxyl groups is 1. The standard InChI is InChI=1S/C10H21NO4/c1-8(12)6-10(2,3)15-5-4-11-7-9(13)14/h8,11-12H,4-7H2,1-3H3,(H,13,14). The van der Waals surface area contributed by atoms with E-state index in [2.05, 4.69) is 5.32 Å². The summed E-state index contributed by atoms with van der Waals surface area (Å²) in [6.07, 6.45) is 0.165. The second-order valence-electron chi connectivity index (χ2n) is 4.23. The largest absolute Gasteiger partial charge is 0.480 e. The summed E-state index contributed by atoms with van der Waals surface area (Å²) in [7, 11) is 0. The molecule has 0 radical (unpaired) electrons. The number of nitrogens with one attached hydrogen (secondary N) is 1. The van der Waals surface area contributed by atoms with Gasteiger partial charge in [0.25, 0.3) is 0 Å². The van der Waals surface area contributed by atoms with Crippen LogP contribution in [0.4, 0.5) is 0 Å². The van der Waals surface area contributed by atoms with Gasteiger partial charge in [-0.15, -0.1) is 0 Å². The van der Waals surface area contributed by atoms with Crippen LogP contribution in [-0.2, 0) is 9.53 Å². The molecule has 0 aromatic carbocycles. The zero-order valence-electron chi connectivity index (χ0n) is 9.62. The number of rotatable bonds is 8. The highest BCUT2D eigenvalue weighted by Crippen LogP contribution is 2.16. The molecule has 0 aliphatic heterocycles. The number of carboxylic acids is 1. The second kappa shape index (κ2) is 6.76. The Balaban J connectivity index is 3.52. The Bertz CT molecular complexity index is 192. The third-order valence-corrected chi connectivity index (χ3v) is 1.83. The van der Waals surface area contributed by atoms with Crippen molar-refractivity contribution >= 4 is 5.97 Å². The molecule has 0 aliphatic rings. The lowest BCUT2D eigenvalue weighted by Gasteiger charge is -2.26. The van der Waals surface area contributed by atoms with Crippen LogP contribution in [0.25, 0.3) is 0 Å². The molecule has 5 heteroatoms. The maximum absolute atomic E-state index is 10.2. The van der Waals surface area contributed by atoms with E-state index >= 15 is 0 Å². The van der Waals surface area contributed by atoms with Crippen molar-refractivity contribution in [2.75, 3.05) is 19.7 Å². The van der Waals surface area contributed by atoms with Crippen LogP contribution in [0.2, 0.25) is 0 Å². The summed E-state index contributed by atoms with van der Waals surface area (Å²) in [5.74, 6) is -0.877. The monoisotopic (exact) mass is 219 g/mol. The Morgan fingerprint density at radius 1 is 1.53 bits per heavy atom. The molecule has 1 atom stereocenters. The predicted octanol–water partition coefficient (Wildman–Crippen LogP) is 0.227. The minimum absolute atomic E-state index is 0.0554. The van der Waals surface area contributed by atoms with Gasteiger partial charge in [0, 0.05) is 13.0 Å². The Morgan fingerprint density at radius 3 is 2.60 bits per heavy atom. The normalized spacial score (nSPS) is 13.9. The van der Waals surface area contributed by atoms with E-state index in [0.717, 1.165) is 0 Å². The minimum atomic E-state index is -0.877. The van der Waals surface area contributed by atoms with E-state index in [1.54, 1.807) is 6.92 Å². The first-order valence-corrected chi connectivity index (χ1v) is 5.08. The molecule has 0 saturated heterocycles. The average molecular weight is 219 g/mol. The average Bonchev–Trinajstić information content (AvgIpc) is 1.99. The molecule has 0 aromatic rings. The lowest BCUT2D eigenvalue weighted by molar-refractivity contribution is -0.136. The van der Waals surface area contributed by atoms with Crippen LogP contribution < -0.4 is 5.32 Å². The predicted molar refractivity (Wildman–Crippen MR) is 56.8 cm³/mol. The highest BCUT2D eigenvalue weighted by Gasteiger charge is 2.20. The van der Waals surface area contributed by atoms with E-state index in [9.17, 15) is 9.90 Å². The first-order valence-electron chi connectivity index (χ1n) is 5.08. The van der Waals surface area contributed by atoms with Gasteiger partial charge in [-0.05, 0) is 20.8 Å². The van der Waals surface area contributed by atoms with E-state index < -0.39 is 12.1 Å². The number of carboxylic acid groups (broad SMARTS) is 1. The van der Waals surface area contributed by atoms with Crippen LogP contribution in [-0.4, -0.2) is 47.6 Å². The zero-order chi connectivity index (χ0) is 11.9. The molecule has 0 aliphatic carbocycles. The van der Waals surface area contributed by atoms with Gasteiger partial charge >= 0.3 is 5.97 Å². The SMILES string of the molecule is CC(O)CC(C)(C)OCCNCC(=O)O. The van der Waals surface area contributed by atoms with Crippen molar-refractivity contribution in [1.29, 1.82) is 0 Å². The molecule has 3 N–H and O–H groups in total. The van der Waals surface area contributed by atoms with Crippen molar-refractivity contribution < 1.29 is 19.7 Å². The van der Waals surface area contributed by atoms with Crippen LogP contribution in [0.15, 0.2) is 0 Å². The van der Waals surface area contributed by atoms with Crippen molar-refractivity contribution in [3.8, 4) is 0 Å². The number of hydrogen-bond donors (Lipinski definition) is 3. The lowest BCUT2D eigenvalue weighted by Crippen LogP contribution is -2.33. The van der Waals surface area contributed by atoms with Gasteiger partial charge in [0.1, 0.15) is 0 Å². The molecular weight excluding hydrogens is 198 g/mol. The fourth-order valence-electron chi connectivity index (χ4n) is 1.37. The number of hydrogen-bond acceptors (Lipinski definition) is 4. The van der Waals surface area contributed by atoms with Crippen molar-refractivity contribution in [3.63, 3.8) is 0 Å². The summed E-state index contributed by atoms with van der Waals surface area (Å²) in [6.45, 7) is 6.39. The first kappa shape index (κ1) is 14.3. The third-order valence-electron chi connectivity index (χ3n) is 1.83. The number of ether oxygens (including phenoxy) is 1. The van der Waals surface area contributed by atoms with Crippen molar-refractivity contribution in [2.24, 2.45) is 0 Å². The third kappa shape index (κ3) is 9.65. The van der Waals surface area contributed by atoms with Gasteiger partial charge in [-0.25, -0.2) is 0 Å². The molecule has 0 fully saturated rings. The fraction of sp³-hybridized carbons (Fsp3) is 0.900. The zero-order valence-corrected chi connectivity index (χ0v) is 9.62. The molecule has 0 aromatic heterocycles. The molecule has 0 bridgehead atoms. The Morgan fingerprint density at radius 2 is 2.13 bits per heavy atom. The second-order valence-corrected chi connectivity index (χ2v) is 4.23. The van der Waals surface area contributed by atoms with Gasteiger partial charge in [-0.2, -0.15) is 0 Å². The van der Waals surface area contributed by atoms with Gasteiger partial charge in [-0.1, -0.05) is 0 Å². The maximum Gasteiger partial charge on any atom is 0.317 e. The Labute approximate surface area is 90.4 Å². The molecule has 0 rings (SSSR count). The van der Waals surface area contributed by atoms with Gasteiger partial charge < -0.3 is 20.3 Å². The molecule has 0 spiro atoms. The van der Waals surface area contributed by atoms with E-state index in [1.807, 2.05) is 13.8 Å². The molecule has 0 amide bonds. The van der Waals surface area contributed by atoms with E-state index in [-0.39, 0.29) is 12.1 Å². The Hall–Kier alpha value is -0.650. The topological polar surface area (TPSA) is 78.8 Å². The van der Waals surface area contributed by atoms with Gasteiger partial charge in [0.05, 0.1) is 24.9 Å². The van der Waals surface area contributed by atoms with Crippen molar-refractivity contribution in [2.45, 2.75) is 38.9 Å². The highest BCUT2D eigenvalue weighted by atomic mass is 16.5. The van der Waals surface area contributed by atoms with Crippen LogP contribution >= 0.6 is 0 Å². The molecule has 5 nitrogen and oxygen atoms in total. The smallest absolute Gasteiger partial charge is 0.317 e. The maximum atomic E-state index is 10.2. The molecular formula is C10H21NO4. The van der Waals surface area contributed by atoms with Gasteiger partial charge in [-0.3, -0.25) is 4.79 Å². The van der Waals surface area contributed by atoms with E-state index in [1.165, 1.54) is 0 Å². The highest BCUT2D eigenvalue weighted by molar-refractivity contribution is 5.68. The number of carbonyl (C=O) groups is 1. The first-order chi connectivity index (χ1) is 6.83. The molecule has 1 unspecified atom stereocenters. The summed E-state index contributed by atoms with van der Waals surface area (Å²) in [5, 5.41) is 20.3. The molecule has 90 valence electrons. The molecule has 15 heavy (non-hydrogen) atoms. The van der Waals surface area contributed by atoms with Crippen LogP contribution in [0.3, 0.4) is 0 Å². The van der Waals surface area contributed by atoms with Crippen molar-refractivity contribution in [1.82, 2.24) is 5.32 Å². The van der Waals surface area contributed by atoms with Crippen molar-refractivity contribution in [3.05, 3.63) is 0 Å². The molecule has 0 heterocycles. The van der Waals surface area contributed by atoms with Crippen LogP contribution in [0.5, 0.6) is 0 Å². The summed E-state index contributed by atoms with van der Waals surface area (Å²) >= 11 is 0. The quantitative estimate of drug-likeness (QED) is 0.509. The number of aliphatic carboxylic acids is 1. The van der Waals surface area contributed by atoms with E-state index in [4.69, 9.17) is 9.84 Å². The fourth-order valence-corrected chi connectivity index (χ4v) is 1.37. The lowest BCUT2D eigenvalue weighted by atomic mass is 10.0. The van der Waals surface area contributed by atoms with Crippen LogP contribution in [0, 0.1) is 0 Å². The Kier molecular flexibility index (Phi) is 6.47. The molecule has 0 saturated carbocycles. The summed E-state index contributed by atoms with van der Waals surface area (Å²) in [4.78, 5) is 10.2.